The van der Waals surface area contributed by atoms with Gasteiger partial charge in [-0.2, -0.15) is 9.97 Å². The van der Waals surface area contributed by atoms with Gasteiger partial charge in [-0.15, -0.1) is 0 Å². The van der Waals surface area contributed by atoms with E-state index in [1.54, 1.807) is 0 Å². The Morgan fingerprint density at radius 2 is 1.83 bits per heavy atom. The highest BCUT2D eigenvalue weighted by Crippen LogP contribution is 2.35. The molecule has 7 heteroatoms. The number of nitrogens with zero attached hydrogens (tertiary/aromatic N) is 5. The standard InChI is InChI=1S/C29H38N6O/c1-21-11-12-22-7-3-4-9-24(22)27(21)35-16-6-10-25-26(19-35)31-29(36-20-23-8-5-15-33(23)2)32-28(25)34-17-13-30-14-18-34/h3-4,7,9,11-12,23,30H,5-6,8,10,13-20H2,1-2H3/t23-/m0/s1. The zero-order valence-corrected chi connectivity index (χ0v) is 21.7. The third-order valence-electron chi connectivity index (χ3n) is 8.16. The van der Waals surface area contributed by atoms with Gasteiger partial charge in [0, 0.05) is 55.4 Å². The van der Waals surface area contributed by atoms with Crippen LogP contribution in [0.25, 0.3) is 10.8 Å². The monoisotopic (exact) mass is 486 g/mol. The summed E-state index contributed by atoms with van der Waals surface area (Å²) in [6, 6.07) is 14.2. The van der Waals surface area contributed by atoms with Crippen molar-refractivity contribution in [2.24, 2.45) is 0 Å². The van der Waals surface area contributed by atoms with Crippen molar-refractivity contribution in [3.63, 3.8) is 0 Å². The van der Waals surface area contributed by atoms with E-state index in [0.717, 1.165) is 70.2 Å². The minimum absolute atomic E-state index is 0.449. The van der Waals surface area contributed by atoms with Crippen molar-refractivity contribution in [3.05, 3.63) is 53.2 Å². The molecular formula is C29H38N6O. The molecule has 0 bridgehead atoms. The van der Waals surface area contributed by atoms with Gasteiger partial charge in [0.25, 0.3) is 0 Å². The van der Waals surface area contributed by atoms with Crippen LogP contribution in [0.5, 0.6) is 6.01 Å². The number of fused-ring (bicyclic) bond motifs is 2. The maximum Gasteiger partial charge on any atom is 0.318 e. The number of rotatable bonds is 5. The fourth-order valence-electron chi connectivity index (χ4n) is 6.13. The summed E-state index contributed by atoms with van der Waals surface area (Å²) in [6.45, 7) is 9.74. The molecule has 6 rings (SSSR count). The molecule has 4 heterocycles. The van der Waals surface area contributed by atoms with Gasteiger partial charge in [-0.25, -0.2) is 0 Å². The Labute approximate surface area is 214 Å². The van der Waals surface area contributed by atoms with Crippen molar-refractivity contribution in [3.8, 4) is 6.01 Å². The van der Waals surface area contributed by atoms with Gasteiger partial charge >= 0.3 is 6.01 Å². The number of benzene rings is 2. The lowest BCUT2D eigenvalue weighted by atomic mass is 10.0. The van der Waals surface area contributed by atoms with Gasteiger partial charge in [0.2, 0.25) is 0 Å². The van der Waals surface area contributed by atoms with Crippen molar-refractivity contribution in [2.45, 2.75) is 45.2 Å². The molecule has 36 heavy (non-hydrogen) atoms. The van der Waals surface area contributed by atoms with Gasteiger partial charge < -0.3 is 24.8 Å². The van der Waals surface area contributed by atoms with Crippen molar-refractivity contribution in [2.75, 3.05) is 62.7 Å². The van der Waals surface area contributed by atoms with Gasteiger partial charge in [-0.05, 0) is 57.1 Å². The number of piperazine rings is 1. The smallest absolute Gasteiger partial charge is 0.318 e. The Hall–Kier alpha value is -2.90. The van der Waals surface area contributed by atoms with Crippen LogP contribution in [-0.2, 0) is 13.0 Å². The van der Waals surface area contributed by atoms with E-state index in [4.69, 9.17) is 14.7 Å². The molecule has 3 aromatic rings. The summed E-state index contributed by atoms with van der Waals surface area (Å²) in [4.78, 5) is 17.5. The Kier molecular flexibility index (Phi) is 6.67. The molecule has 0 spiro atoms. The highest BCUT2D eigenvalue weighted by atomic mass is 16.5. The Morgan fingerprint density at radius 3 is 2.67 bits per heavy atom. The molecule has 0 amide bonds. The van der Waals surface area contributed by atoms with E-state index in [1.807, 2.05) is 0 Å². The molecular weight excluding hydrogens is 448 g/mol. The van der Waals surface area contributed by atoms with Gasteiger partial charge in [0.1, 0.15) is 12.4 Å². The SMILES string of the molecule is Cc1ccc2ccccc2c1N1CCCc2c(nc(OC[C@@H]3CCCN3C)nc2N2CCNCC2)C1. The van der Waals surface area contributed by atoms with E-state index in [0.29, 0.717) is 18.7 Å². The molecule has 0 radical (unpaired) electrons. The van der Waals surface area contributed by atoms with Crippen LogP contribution < -0.4 is 19.9 Å². The Bertz CT molecular complexity index is 1220. The molecule has 1 atom stereocenters. The normalized spacial score (nSPS) is 21.0. The summed E-state index contributed by atoms with van der Waals surface area (Å²) in [5, 5.41) is 6.09. The average Bonchev–Trinajstić information content (AvgIpc) is 3.20. The van der Waals surface area contributed by atoms with E-state index >= 15 is 0 Å². The van der Waals surface area contributed by atoms with Crippen LogP contribution in [0.3, 0.4) is 0 Å². The summed E-state index contributed by atoms with van der Waals surface area (Å²) in [5.74, 6) is 1.09. The minimum atomic E-state index is 0.449. The number of likely N-dealkylation sites (N-methyl/N-ethyl adjacent to an activating group) is 1. The molecule has 7 nitrogen and oxygen atoms in total. The molecule has 3 aliphatic rings. The lowest BCUT2D eigenvalue weighted by molar-refractivity contribution is 0.187. The summed E-state index contributed by atoms with van der Waals surface area (Å²) in [7, 11) is 2.19. The van der Waals surface area contributed by atoms with Crippen LogP contribution in [0.4, 0.5) is 11.5 Å². The van der Waals surface area contributed by atoms with Crippen LogP contribution in [0, 0.1) is 6.92 Å². The lowest BCUT2D eigenvalue weighted by Crippen LogP contribution is -2.44. The van der Waals surface area contributed by atoms with Crippen molar-refractivity contribution in [1.82, 2.24) is 20.2 Å². The molecule has 0 unspecified atom stereocenters. The van der Waals surface area contributed by atoms with Gasteiger partial charge in [-0.1, -0.05) is 36.4 Å². The third kappa shape index (κ3) is 4.62. The highest BCUT2D eigenvalue weighted by Gasteiger charge is 2.27. The number of aromatic nitrogens is 2. The topological polar surface area (TPSA) is 56.8 Å². The number of nitrogens with one attached hydrogen (secondary N) is 1. The minimum Gasteiger partial charge on any atom is -0.462 e. The molecule has 1 N–H and O–H groups in total. The van der Waals surface area contributed by atoms with E-state index < -0.39 is 0 Å². The first-order chi connectivity index (χ1) is 17.7. The summed E-state index contributed by atoms with van der Waals surface area (Å²) >= 11 is 0. The quantitative estimate of drug-likeness (QED) is 0.589. The van der Waals surface area contributed by atoms with Crippen LogP contribution in [0.2, 0.25) is 0 Å². The molecule has 0 saturated carbocycles. The molecule has 2 aromatic carbocycles. The molecule has 2 saturated heterocycles. The maximum absolute atomic E-state index is 6.31. The van der Waals surface area contributed by atoms with E-state index in [2.05, 4.69) is 70.4 Å². The Morgan fingerprint density at radius 1 is 0.972 bits per heavy atom. The fourth-order valence-corrected chi connectivity index (χ4v) is 6.13. The van der Waals surface area contributed by atoms with Crippen molar-refractivity contribution >= 4 is 22.3 Å². The predicted octanol–water partition coefficient (Wildman–Crippen LogP) is 3.77. The molecule has 2 fully saturated rings. The van der Waals surface area contributed by atoms with Gasteiger partial charge in [0.05, 0.1) is 12.2 Å². The van der Waals surface area contributed by atoms with Gasteiger partial charge in [-0.3, -0.25) is 0 Å². The number of ether oxygens (including phenoxy) is 1. The first-order valence-corrected chi connectivity index (χ1v) is 13.6. The maximum atomic E-state index is 6.31. The molecule has 190 valence electrons. The predicted molar refractivity (Wildman–Crippen MR) is 146 cm³/mol. The van der Waals surface area contributed by atoms with Crippen LogP contribution in [0.15, 0.2) is 36.4 Å². The average molecular weight is 487 g/mol. The van der Waals surface area contributed by atoms with Crippen LogP contribution in [0.1, 0.15) is 36.1 Å². The van der Waals surface area contributed by atoms with Crippen molar-refractivity contribution in [1.29, 1.82) is 0 Å². The van der Waals surface area contributed by atoms with E-state index in [1.165, 1.54) is 40.4 Å². The number of anilines is 2. The lowest BCUT2D eigenvalue weighted by Gasteiger charge is -2.31. The molecule has 1 aromatic heterocycles. The highest BCUT2D eigenvalue weighted by molar-refractivity contribution is 5.96. The Balaban J connectivity index is 1.36. The summed E-state index contributed by atoms with van der Waals surface area (Å²) in [6.07, 6.45) is 4.51. The second kappa shape index (κ2) is 10.2. The first kappa shape index (κ1) is 23.5. The van der Waals surface area contributed by atoms with Crippen LogP contribution in [-0.4, -0.2) is 73.8 Å². The summed E-state index contributed by atoms with van der Waals surface area (Å²) in [5.41, 5.74) is 5.08. The second-order valence-electron chi connectivity index (χ2n) is 10.6. The molecule has 0 aliphatic carbocycles. The number of hydrogen-bond acceptors (Lipinski definition) is 7. The molecule has 3 aliphatic heterocycles. The zero-order chi connectivity index (χ0) is 24.5. The van der Waals surface area contributed by atoms with Gasteiger partial charge in [0.15, 0.2) is 0 Å². The number of likely N-dealkylation sites (tertiary alicyclic amines) is 1. The van der Waals surface area contributed by atoms with E-state index in [9.17, 15) is 0 Å². The van der Waals surface area contributed by atoms with E-state index in [-0.39, 0.29) is 0 Å². The third-order valence-corrected chi connectivity index (χ3v) is 8.16. The summed E-state index contributed by atoms with van der Waals surface area (Å²) < 4.78 is 6.31. The fraction of sp³-hybridized carbons (Fsp3) is 0.517. The first-order valence-electron chi connectivity index (χ1n) is 13.6. The van der Waals surface area contributed by atoms with Crippen LogP contribution >= 0.6 is 0 Å². The largest absolute Gasteiger partial charge is 0.462 e. The number of aryl methyl sites for hydroxylation is 1. The van der Waals surface area contributed by atoms with Crippen molar-refractivity contribution < 1.29 is 4.74 Å². The number of hydrogen-bond donors (Lipinski definition) is 1. The zero-order valence-electron chi connectivity index (χ0n) is 21.7. The second-order valence-corrected chi connectivity index (χ2v) is 10.6.